The highest BCUT2D eigenvalue weighted by atomic mass is 16.2. The van der Waals surface area contributed by atoms with Crippen molar-refractivity contribution in [2.75, 3.05) is 0 Å². The Morgan fingerprint density at radius 2 is 1.78 bits per heavy atom. The predicted molar refractivity (Wildman–Crippen MR) is 108 cm³/mol. The maximum absolute atomic E-state index is 12.6. The highest BCUT2D eigenvalue weighted by Crippen LogP contribution is 2.08. The lowest BCUT2D eigenvalue weighted by Crippen LogP contribution is -2.50. The van der Waals surface area contributed by atoms with Crippen LogP contribution in [-0.4, -0.2) is 30.2 Å². The number of benzene rings is 1. The number of carbonyl (C=O) groups excluding carboxylic acids is 3. The minimum atomic E-state index is -0.599. The number of amides is 2. The topological polar surface area (TPSA) is 75.3 Å². The van der Waals surface area contributed by atoms with Crippen LogP contribution in [0.25, 0.3) is 0 Å². The number of aryl methyl sites for hydroxylation is 1. The van der Waals surface area contributed by atoms with E-state index in [-0.39, 0.29) is 17.7 Å². The van der Waals surface area contributed by atoms with Gasteiger partial charge in [-0.2, -0.15) is 0 Å². The summed E-state index contributed by atoms with van der Waals surface area (Å²) in [5, 5.41) is 5.63. The molecule has 0 saturated heterocycles. The molecule has 0 aliphatic carbocycles. The lowest BCUT2D eigenvalue weighted by atomic mass is 10.0. The molecule has 1 aromatic rings. The van der Waals surface area contributed by atoms with E-state index in [1.54, 1.807) is 0 Å². The molecule has 2 N–H and O–H groups in total. The highest BCUT2D eigenvalue weighted by Gasteiger charge is 2.23. The van der Waals surface area contributed by atoms with E-state index in [4.69, 9.17) is 0 Å². The monoisotopic (exact) mass is 374 g/mol. The van der Waals surface area contributed by atoms with Crippen molar-refractivity contribution in [2.24, 2.45) is 5.92 Å². The number of hydrogen-bond donors (Lipinski definition) is 2. The van der Waals surface area contributed by atoms with Crippen molar-refractivity contribution in [2.45, 2.75) is 77.8 Å². The van der Waals surface area contributed by atoms with Crippen LogP contribution in [0.1, 0.15) is 64.9 Å². The summed E-state index contributed by atoms with van der Waals surface area (Å²) in [7, 11) is 0. The normalized spacial score (nSPS) is 13.0. The predicted octanol–water partition coefficient (Wildman–Crippen LogP) is 3.41. The minimum absolute atomic E-state index is 0.122. The zero-order valence-corrected chi connectivity index (χ0v) is 16.9. The summed E-state index contributed by atoms with van der Waals surface area (Å²) in [4.78, 5) is 36.0. The number of rotatable bonds is 13. The maximum atomic E-state index is 12.6. The molecule has 0 saturated carbocycles. The van der Waals surface area contributed by atoms with Crippen molar-refractivity contribution >= 4 is 18.1 Å². The van der Waals surface area contributed by atoms with Gasteiger partial charge in [0, 0.05) is 6.42 Å². The number of nitrogens with one attached hydrogen (secondary N) is 2. The van der Waals surface area contributed by atoms with Crippen molar-refractivity contribution in [1.29, 1.82) is 0 Å². The van der Waals surface area contributed by atoms with Gasteiger partial charge in [0.05, 0.1) is 6.04 Å². The van der Waals surface area contributed by atoms with Gasteiger partial charge in [-0.1, -0.05) is 63.9 Å². The Balaban J connectivity index is 2.52. The Morgan fingerprint density at radius 1 is 1.07 bits per heavy atom. The third kappa shape index (κ3) is 9.92. The van der Waals surface area contributed by atoms with Crippen LogP contribution in [0, 0.1) is 5.92 Å². The molecule has 0 spiro atoms. The maximum Gasteiger partial charge on any atom is 0.243 e. The van der Waals surface area contributed by atoms with Crippen LogP contribution < -0.4 is 10.6 Å². The lowest BCUT2D eigenvalue weighted by Gasteiger charge is -2.22. The van der Waals surface area contributed by atoms with Gasteiger partial charge in [-0.3, -0.25) is 9.59 Å². The number of aldehydes is 1. The third-order valence-electron chi connectivity index (χ3n) is 4.43. The molecular weight excluding hydrogens is 340 g/mol. The van der Waals surface area contributed by atoms with Crippen molar-refractivity contribution in [3.8, 4) is 0 Å². The van der Waals surface area contributed by atoms with Gasteiger partial charge in [-0.05, 0) is 37.2 Å². The van der Waals surface area contributed by atoms with Crippen LogP contribution in [0.4, 0.5) is 0 Å². The molecule has 0 aliphatic heterocycles. The van der Waals surface area contributed by atoms with E-state index in [0.29, 0.717) is 19.3 Å². The first-order valence-electron chi connectivity index (χ1n) is 10.0. The van der Waals surface area contributed by atoms with E-state index in [1.165, 1.54) is 5.56 Å². The fraction of sp³-hybridized carbons (Fsp3) is 0.591. The smallest absolute Gasteiger partial charge is 0.243 e. The van der Waals surface area contributed by atoms with Crippen molar-refractivity contribution in [3.05, 3.63) is 35.9 Å². The Labute approximate surface area is 163 Å². The molecule has 0 radical (unpaired) electrons. The summed E-state index contributed by atoms with van der Waals surface area (Å²) in [5.74, 6) is -0.132. The van der Waals surface area contributed by atoms with E-state index < -0.39 is 12.1 Å². The van der Waals surface area contributed by atoms with Gasteiger partial charge < -0.3 is 15.4 Å². The first-order valence-corrected chi connectivity index (χ1v) is 10.0. The van der Waals surface area contributed by atoms with E-state index in [0.717, 1.165) is 32.0 Å². The van der Waals surface area contributed by atoms with Gasteiger partial charge in [-0.15, -0.1) is 0 Å². The van der Waals surface area contributed by atoms with E-state index in [2.05, 4.69) is 10.6 Å². The summed E-state index contributed by atoms with van der Waals surface area (Å²) in [6.07, 6.45) is 5.75. The third-order valence-corrected chi connectivity index (χ3v) is 4.43. The van der Waals surface area contributed by atoms with Crippen LogP contribution in [0.15, 0.2) is 30.3 Å². The van der Waals surface area contributed by atoms with Gasteiger partial charge in [0.15, 0.2) is 0 Å². The summed E-state index contributed by atoms with van der Waals surface area (Å²) in [6.45, 7) is 6.06. The Bertz CT molecular complexity index is 572. The summed E-state index contributed by atoms with van der Waals surface area (Å²) < 4.78 is 0. The standard InChI is InChI=1S/C22H34N2O3/c1-4-5-13-19(16-25)23-22(27)20(15-17(2)3)24-21(26)14-9-12-18-10-7-6-8-11-18/h6-8,10-11,16-17,19-20H,4-5,9,12-15H2,1-3H3,(H,23,27)(H,24,26)/t19-,20-/m0/s1. The second kappa shape index (κ2) is 13.1. The quantitative estimate of drug-likeness (QED) is 0.520. The molecule has 0 aliphatic rings. The van der Waals surface area contributed by atoms with Gasteiger partial charge in [0.25, 0.3) is 0 Å². The second-order valence-corrected chi connectivity index (χ2v) is 7.48. The first kappa shape index (κ1) is 22.9. The Hall–Kier alpha value is -2.17. The molecule has 2 atom stereocenters. The highest BCUT2D eigenvalue weighted by molar-refractivity contribution is 5.89. The van der Waals surface area contributed by atoms with Crippen LogP contribution in [0.3, 0.4) is 0 Å². The molecule has 0 heterocycles. The number of unbranched alkanes of at least 4 members (excludes halogenated alkanes) is 1. The minimum Gasteiger partial charge on any atom is -0.345 e. The van der Waals surface area contributed by atoms with Gasteiger partial charge in [0.1, 0.15) is 12.3 Å². The van der Waals surface area contributed by atoms with Crippen molar-refractivity contribution < 1.29 is 14.4 Å². The van der Waals surface area contributed by atoms with Gasteiger partial charge >= 0.3 is 0 Å². The van der Waals surface area contributed by atoms with Crippen LogP contribution in [0.5, 0.6) is 0 Å². The molecule has 27 heavy (non-hydrogen) atoms. The molecular formula is C22H34N2O3. The fourth-order valence-electron chi connectivity index (χ4n) is 2.95. The largest absolute Gasteiger partial charge is 0.345 e. The number of hydrogen-bond acceptors (Lipinski definition) is 3. The van der Waals surface area contributed by atoms with E-state index in [1.807, 2.05) is 51.1 Å². The Morgan fingerprint density at radius 3 is 2.37 bits per heavy atom. The summed E-state index contributed by atoms with van der Waals surface area (Å²) >= 11 is 0. The average Bonchev–Trinajstić information content (AvgIpc) is 2.64. The van der Waals surface area contributed by atoms with E-state index in [9.17, 15) is 14.4 Å². The molecule has 0 bridgehead atoms. The second-order valence-electron chi connectivity index (χ2n) is 7.48. The van der Waals surface area contributed by atoms with Crippen LogP contribution in [-0.2, 0) is 20.8 Å². The fourth-order valence-corrected chi connectivity index (χ4v) is 2.95. The first-order chi connectivity index (χ1) is 13.0. The summed E-state index contributed by atoms with van der Waals surface area (Å²) in [6, 6.07) is 8.95. The molecule has 150 valence electrons. The molecule has 2 amide bonds. The Kier molecular flexibility index (Phi) is 11.1. The molecule has 0 aromatic heterocycles. The van der Waals surface area contributed by atoms with E-state index >= 15 is 0 Å². The molecule has 5 nitrogen and oxygen atoms in total. The van der Waals surface area contributed by atoms with Crippen LogP contribution >= 0.6 is 0 Å². The lowest BCUT2D eigenvalue weighted by molar-refractivity contribution is -0.130. The van der Waals surface area contributed by atoms with Crippen molar-refractivity contribution in [3.63, 3.8) is 0 Å². The molecule has 5 heteroatoms. The van der Waals surface area contributed by atoms with Crippen molar-refractivity contribution in [1.82, 2.24) is 10.6 Å². The molecule has 0 fully saturated rings. The molecule has 1 aromatic carbocycles. The zero-order chi connectivity index (χ0) is 20.1. The average molecular weight is 375 g/mol. The number of carbonyl (C=O) groups is 3. The van der Waals surface area contributed by atoms with Gasteiger partial charge in [0.2, 0.25) is 11.8 Å². The molecule has 0 unspecified atom stereocenters. The SMILES string of the molecule is CCCC[C@@H](C=O)NC(=O)[C@H](CC(C)C)NC(=O)CCCc1ccccc1. The van der Waals surface area contributed by atoms with Crippen LogP contribution in [0.2, 0.25) is 0 Å². The van der Waals surface area contributed by atoms with Gasteiger partial charge in [-0.25, -0.2) is 0 Å². The zero-order valence-electron chi connectivity index (χ0n) is 16.9. The molecule has 1 rings (SSSR count). The summed E-state index contributed by atoms with van der Waals surface area (Å²) in [5.41, 5.74) is 1.20.